The van der Waals surface area contributed by atoms with Gasteiger partial charge in [-0.2, -0.15) is 0 Å². The van der Waals surface area contributed by atoms with Gasteiger partial charge in [-0.05, 0) is 62.5 Å². The number of esters is 1. The van der Waals surface area contributed by atoms with Crippen LogP contribution in [0.1, 0.15) is 59.5 Å². The number of nitrogens with one attached hydrogen (secondary N) is 2. The molecule has 4 aliphatic rings. The van der Waals surface area contributed by atoms with Crippen LogP contribution in [0.15, 0.2) is 24.3 Å². The van der Waals surface area contributed by atoms with Crippen molar-refractivity contribution in [2.75, 3.05) is 40.4 Å². The molecule has 8 atom stereocenters. The number of fused-ring (bicyclic) bond motifs is 4. The molecule has 4 fully saturated rings. The monoisotopic (exact) mass is 628 g/mol. The summed E-state index contributed by atoms with van der Waals surface area (Å²) in [6.45, 7) is 1.73. The number of methoxy groups -OCH3 is 2. The Bertz CT molecular complexity index is 1420. The molecule has 0 aliphatic carbocycles. The fourth-order valence-corrected chi connectivity index (χ4v) is 7.28. The first kappa shape index (κ1) is 31.4. The molecule has 4 aliphatic heterocycles. The minimum atomic E-state index is -0.718. The molecule has 14 heteroatoms. The van der Waals surface area contributed by atoms with Crippen LogP contribution < -0.4 is 20.3 Å². The van der Waals surface area contributed by atoms with Crippen LogP contribution in [0.25, 0.3) is 0 Å². The standard InChI is InChI=1S/C31H38F2N6O6/c1-43-23-9-7-21(32)25(36-23)29(40)27-17-5-3-11-34-38(27)15-19(13-17)31(42)45-20-14-18-6-4-12-35-39(16-20)28(18)30(41)26-22(33)8-10-24(37-26)44-2/h7-10,17-20,27-28,34-35H,3-6,11-16H2,1-2H3. The third-order valence-corrected chi connectivity index (χ3v) is 9.35. The number of ketones is 2. The molecular weight excluding hydrogens is 590 g/mol. The van der Waals surface area contributed by atoms with Crippen molar-refractivity contribution in [2.24, 2.45) is 17.8 Å². The second kappa shape index (κ2) is 13.4. The van der Waals surface area contributed by atoms with E-state index in [1.165, 1.54) is 38.5 Å². The summed E-state index contributed by atoms with van der Waals surface area (Å²) in [5.41, 5.74) is 5.98. The van der Waals surface area contributed by atoms with Crippen LogP contribution in [0.5, 0.6) is 11.8 Å². The van der Waals surface area contributed by atoms with E-state index in [0.717, 1.165) is 12.8 Å². The number of halogens is 2. The average Bonchev–Trinajstić information content (AvgIpc) is 3.26. The van der Waals surface area contributed by atoms with Crippen LogP contribution >= 0.6 is 0 Å². The number of nitrogens with zero attached hydrogens (tertiary/aromatic N) is 4. The number of carbonyl (C=O) groups excluding carboxylic acids is 3. The number of piperidine rings is 2. The quantitative estimate of drug-likeness (QED) is 0.328. The van der Waals surface area contributed by atoms with Crippen molar-refractivity contribution in [2.45, 2.75) is 56.7 Å². The first-order valence-electron chi connectivity index (χ1n) is 15.5. The van der Waals surface area contributed by atoms with Crippen molar-refractivity contribution in [1.29, 1.82) is 0 Å². The third-order valence-electron chi connectivity index (χ3n) is 9.35. The number of pyridine rings is 2. The van der Waals surface area contributed by atoms with Crippen molar-refractivity contribution in [3.63, 3.8) is 0 Å². The maximum absolute atomic E-state index is 14.7. The van der Waals surface area contributed by atoms with Crippen molar-refractivity contribution in [3.05, 3.63) is 47.3 Å². The van der Waals surface area contributed by atoms with Crippen molar-refractivity contribution >= 4 is 17.5 Å². The van der Waals surface area contributed by atoms with Gasteiger partial charge in [0.2, 0.25) is 23.3 Å². The van der Waals surface area contributed by atoms with Gasteiger partial charge >= 0.3 is 5.97 Å². The molecule has 0 aromatic carbocycles. The van der Waals surface area contributed by atoms with E-state index in [9.17, 15) is 23.2 Å². The van der Waals surface area contributed by atoms with E-state index in [0.29, 0.717) is 38.8 Å². The van der Waals surface area contributed by atoms with Gasteiger partial charge < -0.3 is 14.2 Å². The Hall–Kier alpha value is -3.59. The third kappa shape index (κ3) is 6.41. The molecular formula is C31H38F2N6O6. The van der Waals surface area contributed by atoms with Crippen molar-refractivity contribution < 1.29 is 37.4 Å². The van der Waals surface area contributed by atoms with Crippen LogP contribution in [0.3, 0.4) is 0 Å². The van der Waals surface area contributed by atoms with Gasteiger partial charge in [0, 0.05) is 31.8 Å². The summed E-state index contributed by atoms with van der Waals surface area (Å²) in [4.78, 5) is 49.0. The highest BCUT2D eigenvalue weighted by atomic mass is 19.1. The molecule has 6 heterocycles. The molecule has 0 amide bonds. The molecule has 8 unspecified atom stereocenters. The Morgan fingerprint density at radius 2 is 1.29 bits per heavy atom. The Labute approximate surface area is 259 Å². The summed E-state index contributed by atoms with van der Waals surface area (Å²) in [6.07, 6.45) is 3.36. The molecule has 4 saturated heterocycles. The van der Waals surface area contributed by atoms with E-state index in [1.54, 1.807) is 10.0 Å². The molecule has 2 N–H and O–H groups in total. The molecule has 4 bridgehead atoms. The number of ether oxygens (including phenoxy) is 3. The second-order valence-corrected chi connectivity index (χ2v) is 12.1. The summed E-state index contributed by atoms with van der Waals surface area (Å²) in [6, 6.07) is 3.73. The zero-order valence-electron chi connectivity index (χ0n) is 25.3. The van der Waals surface area contributed by atoms with Gasteiger partial charge in [-0.3, -0.25) is 25.2 Å². The van der Waals surface area contributed by atoms with Gasteiger partial charge in [0.1, 0.15) is 17.5 Å². The van der Waals surface area contributed by atoms with Crippen molar-refractivity contribution in [3.8, 4) is 11.8 Å². The predicted molar refractivity (Wildman–Crippen MR) is 155 cm³/mol. The second-order valence-electron chi connectivity index (χ2n) is 12.1. The zero-order valence-corrected chi connectivity index (χ0v) is 25.3. The van der Waals surface area contributed by atoms with Crippen LogP contribution in [0.2, 0.25) is 0 Å². The number of aromatic nitrogens is 2. The molecule has 45 heavy (non-hydrogen) atoms. The number of carbonyl (C=O) groups is 3. The lowest BCUT2D eigenvalue weighted by Crippen LogP contribution is -2.60. The van der Waals surface area contributed by atoms with E-state index < -0.39 is 47.3 Å². The summed E-state index contributed by atoms with van der Waals surface area (Å²) >= 11 is 0. The molecule has 12 nitrogen and oxygen atoms in total. The molecule has 0 spiro atoms. The van der Waals surface area contributed by atoms with Crippen LogP contribution in [-0.2, 0) is 9.53 Å². The summed E-state index contributed by atoms with van der Waals surface area (Å²) in [7, 11) is 2.81. The first-order chi connectivity index (χ1) is 21.8. The highest BCUT2D eigenvalue weighted by Gasteiger charge is 2.48. The summed E-state index contributed by atoms with van der Waals surface area (Å²) in [5.74, 6) is -3.30. The van der Waals surface area contributed by atoms with Gasteiger partial charge in [-0.1, -0.05) is 0 Å². The lowest BCUT2D eigenvalue weighted by Gasteiger charge is -2.43. The van der Waals surface area contributed by atoms with Gasteiger partial charge in [-0.25, -0.2) is 28.8 Å². The molecule has 6 rings (SSSR count). The van der Waals surface area contributed by atoms with Gasteiger partial charge in [0.15, 0.2) is 11.6 Å². The van der Waals surface area contributed by atoms with Crippen LogP contribution in [0, 0.1) is 29.4 Å². The van der Waals surface area contributed by atoms with Crippen LogP contribution in [0.4, 0.5) is 8.78 Å². The SMILES string of the molecule is COc1ccc(F)c(C(=O)C2C3CCCNN2CC(OC(=O)C2CC4CCCNN(C2)C4C(=O)c2nc(OC)ccc2F)C3)n1. The zero-order chi connectivity index (χ0) is 31.7. The normalized spacial score (nSPS) is 31.2. The van der Waals surface area contributed by atoms with Gasteiger partial charge in [0.25, 0.3) is 0 Å². The summed E-state index contributed by atoms with van der Waals surface area (Å²) < 4.78 is 45.7. The smallest absolute Gasteiger partial charge is 0.310 e. The van der Waals surface area contributed by atoms with Crippen molar-refractivity contribution in [1.82, 2.24) is 30.8 Å². The fraction of sp³-hybridized carbons (Fsp3) is 0.581. The molecule has 0 saturated carbocycles. The summed E-state index contributed by atoms with van der Waals surface area (Å²) in [5, 5.41) is 3.50. The Balaban J connectivity index is 1.15. The number of hydrogen-bond donors (Lipinski definition) is 2. The number of Topliss-reactive ketones (excluding diaryl/α,β-unsaturated/α-hetero) is 2. The minimum Gasteiger partial charge on any atom is -0.481 e. The molecule has 242 valence electrons. The fourth-order valence-electron chi connectivity index (χ4n) is 7.28. The Morgan fingerprint density at radius 3 is 1.82 bits per heavy atom. The molecule has 0 radical (unpaired) electrons. The van der Waals surface area contributed by atoms with Crippen LogP contribution in [-0.4, -0.2) is 96.1 Å². The Kier molecular flexibility index (Phi) is 9.36. The lowest BCUT2D eigenvalue weighted by molar-refractivity contribution is -0.163. The Morgan fingerprint density at radius 1 is 0.778 bits per heavy atom. The van der Waals surface area contributed by atoms with Gasteiger partial charge in [-0.15, -0.1) is 0 Å². The van der Waals surface area contributed by atoms with E-state index in [1.807, 2.05) is 0 Å². The largest absolute Gasteiger partial charge is 0.481 e. The van der Waals surface area contributed by atoms with E-state index in [2.05, 4.69) is 20.8 Å². The topological polar surface area (TPSA) is 135 Å². The highest BCUT2D eigenvalue weighted by molar-refractivity contribution is 5.99. The highest BCUT2D eigenvalue weighted by Crippen LogP contribution is 2.37. The van der Waals surface area contributed by atoms with E-state index in [-0.39, 0.29) is 54.0 Å². The maximum Gasteiger partial charge on any atom is 0.310 e. The van der Waals surface area contributed by atoms with E-state index in [4.69, 9.17) is 14.2 Å². The predicted octanol–water partition coefficient (Wildman–Crippen LogP) is 2.34. The number of hydrogen-bond acceptors (Lipinski definition) is 12. The lowest BCUT2D eigenvalue weighted by atomic mass is 9.79. The minimum absolute atomic E-state index is 0.148. The molecule has 2 aromatic heterocycles. The number of rotatable bonds is 8. The molecule has 2 aromatic rings. The number of hydrazine groups is 2. The average molecular weight is 629 g/mol. The van der Waals surface area contributed by atoms with E-state index >= 15 is 0 Å². The van der Waals surface area contributed by atoms with Gasteiger partial charge in [0.05, 0.1) is 38.8 Å². The maximum atomic E-state index is 14.7. The first-order valence-corrected chi connectivity index (χ1v) is 15.5.